The summed E-state index contributed by atoms with van der Waals surface area (Å²) in [5.74, 6) is 1.87. The van der Waals surface area contributed by atoms with Crippen LogP contribution in [0, 0.1) is 11.8 Å². The van der Waals surface area contributed by atoms with Crippen LogP contribution in [0.2, 0.25) is 0 Å². The summed E-state index contributed by atoms with van der Waals surface area (Å²) >= 11 is 0. The molecule has 11 heavy (non-hydrogen) atoms. The molecule has 0 aromatic carbocycles. The van der Waals surface area contributed by atoms with Crippen LogP contribution in [0.3, 0.4) is 0 Å². The maximum absolute atomic E-state index is 8.68. The van der Waals surface area contributed by atoms with E-state index in [1.165, 1.54) is 25.7 Å². The summed E-state index contributed by atoms with van der Waals surface area (Å²) in [5, 5.41) is 8.68. The summed E-state index contributed by atoms with van der Waals surface area (Å²) in [7, 11) is 0. The van der Waals surface area contributed by atoms with Gasteiger partial charge in [0.2, 0.25) is 0 Å². The quantitative estimate of drug-likeness (QED) is 0.614. The minimum atomic E-state index is 0.377. The van der Waals surface area contributed by atoms with E-state index >= 15 is 0 Å². The number of hydrogen-bond donors (Lipinski definition) is 1. The highest BCUT2D eigenvalue weighted by molar-refractivity contribution is 5.18. The fourth-order valence-electron chi connectivity index (χ4n) is 2.54. The first-order chi connectivity index (χ1) is 5.40. The molecule has 1 fully saturated rings. The molecule has 0 radical (unpaired) electrons. The van der Waals surface area contributed by atoms with Crippen LogP contribution >= 0.6 is 0 Å². The van der Waals surface area contributed by atoms with Gasteiger partial charge in [0.05, 0.1) is 0 Å². The van der Waals surface area contributed by atoms with E-state index < -0.39 is 0 Å². The van der Waals surface area contributed by atoms with Gasteiger partial charge in [-0.25, -0.2) is 0 Å². The van der Waals surface area contributed by atoms with Crippen LogP contribution in [-0.2, 0) is 0 Å². The van der Waals surface area contributed by atoms with Crippen molar-refractivity contribution in [2.75, 3.05) is 6.61 Å². The Kier molecular flexibility index (Phi) is 1.99. The molecule has 0 aromatic rings. The molecule has 0 spiro atoms. The summed E-state index contributed by atoms with van der Waals surface area (Å²) in [6, 6.07) is 0. The van der Waals surface area contributed by atoms with Gasteiger partial charge in [-0.2, -0.15) is 0 Å². The van der Waals surface area contributed by atoms with E-state index in [0.29, 0.717) is 6.61 Å². The molecular weight excluding hydrogens is 136 g/mol. The average Bonchev–Trinajstić information content (AvgIpc) is 2.60. The Bertz CT molecular complexity index is 172. The molecule has 2 atom stereocenters. The third kappa shape index (κ3) is 1.34. The molecule has 0 heterocycles. The van der Waals surface area contributed by atoms with Crippen molar-refractivity contribution < 1.29 is 5.11 Å². The molecule has 2 bridgehead atoms. The fraction of sp³-hybridized carbons (Fsp3) is 0.800. The number of allylic oxidation sites excluding steroid dienone is 2. The van der Waals surface area contributed by atoms with Gasteiger partial charge in [-0.1, -0.05) is 11.6 Å². The molecule has 1 N–H and O–H groups in total. The lowest BCUT2D eigenvalue weighted by Crippen LogP contribution is -2.08. The second-order valence-electron chi connectivity index (χ2n) is 3.89. The monoisotopic (exact) mass is 152 g/mol. The first kappa shape index (κ1) is 7.35. The highest BCUT2D eigenvalue weighted by Crippen LogP contribution is 2.45. The van der Waals surface area contributed by atoms with Gasteiger partial charge in [0, 0.05) is 6.61 Å². The highest BCUT2D eigenvalue weighted by atomic mass is 16.2. The van der Waals surface area contributed by atoms with Crippen LogP contribution in [0.4, 0.5) is 0 Å². The van der Waals surface area contributed by atoms with Crippen molar-refractivity contribution in [3.63, 3.8) is 0 Å². The highest BCUT2D eigenvalue weighted by Gasteiger charge is 2.32. The molecular formula is C10H16O. The molecule has 0 amide bonds. The van der Waals surface area contributed by atoms with Gasteiger partial charge in [0.25, 0.3) is 0 Å². The van der Waals surface area contributed by atoms with Crippen molar-refractivity contribution >= 4 is 0 Å². The molecule has 1 saturated carbocycles. The van der Waals surface area contributed by atoms with Gasteiger partial charge < -0.3 is 5.11 Å². The van der Waals surface area contributed by atoms with E-state index in [0.717, 1.165) is 18.3 Å². The zero-order valence-electron chi connectivity index (χ0n) is 6.92. The van der Waals surface area contributed by atoms with E-state index in [4.69, 9.17) is 5.11 Å². The number of fused-ring (bicyclic) bond motifs is 2. The molecule has 2 unspecified atom stereocenters. The van der Waals surface area contributed by atoms with E-state index in [-0.39, 0.29) is 0 Å². The van der Waals surface area contributed by atoms with Gasteiger partial charge in [0.15, 0.2) is 0 Å². The SMILES string of the molecule is OCCCC1CC2=CCC1C2. The predicted octanol–water partition coefficient (Wildman–Crippen LogP) is 2.12. The Morgan fingerprint density at radius 2 is 2.36 bits per heavy atom. The second kappa shape index (κ2) is 2.98. The van der Waals surface area contributed by atoms with E-state index in [2.05, 4.69) is 6.08 Å². The fourth-order valence-corrected chi connectivity index (χ4v) is 2.54. The zero-order valence-corrected chi connectivity index (χ0v) is 6.92. The molecule has 0 aromatic heterocycles. The summed E-state index contributed by atoms with van der Waals surface area (Å²) in [6.45, 7) is 0.377. The molecule has 2 aliphatic rings. The normalized spacial score (nSPS) is 34.5. The standard InChI is InChI=1S/C10H16O/c11-5-1-2-9-6-8-3-4-10(9)7-8/h3,9-11H,1-2,4-7H2. The Hall–Kier alpha value is -0.300. The van der Waals surface area contributed by atoms with Crippen LogP contribution in [0.1, 0.15) is 32.1 Å². The van der Waals surface area contributed by atoms with Crippen molar-refractivity contribution in [1.29, 1.82) is 0 Å². The Morgan fingerprint density at radius 3 is 2.91 bits per heavy atom. The van der Waals surface area contributed by atoms with Crippen LogP contribution in [-0.4, -0.2) is 11.7 Å². The molecule has 62 valence electrons. The average molecular weight is 152 g/mol. The summed E-state index contributed by atoms with van der Waals surface area (Å²) < 4.78 is 0. The smallest absolute Gasteiger partial charge is 0.0431 e. The third-order valence-electron chi connectivity index (χ3n) is 3.16. The summed E-state index contributed by atoms with van der Waals surface area (Å²) in [5.41, 5.74) is 1.69. The summed E-state index contributed by atoms with van der Waals surface area (Å²) in [6.07, 6.45) is 8.71. The lowest BCUT2D eigenvalue weighted by Gasteiger charge is -2.17. The molecule has 0 saturated heterocycles. The first-order valence-corrected chi connectivity index (χ1v) is 4.69. The number of hydrogen-bond acceptors (Lipinski definition) is 1. The second-order valence-corrected chi connectivity index (χ2v) is 3.89. The topological polar surface area (TPSA) is 20.2 Å². The van der Waals surface area contributed by atoms with Gasteiger partial charge in [-0.3, -0.25) is 0 Å². The van der Waals surface area contributed by atoms with E-state index in [1.54, 1.807) is 5.57 Å². The van der Waals surface area contributed by atoms with Crippen molar-refractivity contribution in [2.24, 2.45) is 11.8 Å². The van der Waals surface area contributed by atoms with Crippen molar-refractivity contribution in [1.82, 2.24) is 0 Å². The molecule has 1 nitrogen and oxygen atoms in total. The Balaban J connectivity index is 1.84. The number of rotatable bonds is 3. The van der Waals surface area contributed by atoms with E-state index in [9.17, 15) is 0 Å². The van der Waals surface area contributed by atoms with Gasteiger partial charge in [0.1, 0.15) is 0 Å². The minimum absolute atomic E-state index is 0.377. The largest absolute Gasteiger partial charge is 0.396 e. The first-order valence-electron chi connectivity index (χ1n) is 4.69. The van der Waals surface area contributed by atoms with Crippen molar-refractivity contribution in [2.45, 2.75) is 32.1 Å². The minimum Gasteiger partial charge on any atom is -0.396 e. The van der Waals surface area contributed by atoms with Crippen molar-refractivity contribution in [3.05, 3.63) is 11.6 Å². The van der Waals surface area contributed by atoms with Crippen molar-refractivity contribution in [3.8, 4) is 0 Å². The summed E-state index contributed by atoms with van der Waals surface area (Å²) in [4.78, 5) is 0. The van der Waals surface area contributed by atoms with Gasteiger partial charge in [-0.05, 0) is 43.9 Å². The number of aliphatic hydroxyl groups excluding tert-OH is 1. The van der Waals surface area contributed by atoms with Crippen LogP contribution in [0.25, 0.3) is 0 Å². The molecule has 2 rings (SSSR count). The third-order valence-corrected chi connectivity index (χ3v) is 3.16. The van der Waals surface area contributed by atoms with Gasteiger partial charge in [-0.15, -0.1) is 0 Å². The lowest BCUT2D eigenvalue weighted by atomic mass is 9.88. The van der Waals surface area contributed by atoms with Gasteiger partial charge >= 0.3 is 0 Å². The predicted molar refractivity (Wildman–Crippen MR) is 45.2 cm³/mol. The van der Waals surface area contributed by atoms with Crippen LogP contribution in [0.5, 0.6) is 0 Å². The Morgan fingerprint density at radius 1 is 1.45 bits per heavy atom. The molecule has 0 aliphatic heterocycles. The molecule has 1 heteroatoms. The number of aliphatic hydroxyl groups is 1. The maximum atomic E-state index is 8.68. The van der Waals surface area contributed by atoms with E-state index in [1.807, 2.05) is 0 Å². The molecule has 2 aliphatic carbocycles. The van der Waals surface area contributed by atoms with Crippen LogP contribution in [0.15, 0.2) is 11.6 Å². The maximum Gasteiger partial charge on any atom is 0.0431 e. The Labute approximate surface area is 68.1 Å². The zero-order chi connectivity index (χ0) is 7.68. The lowest BCUT2D eigenvalue weighted by molar-refractivity contribution is 0.257. The van der Waals surface area contributed by atoms with Crippen LogP contribution < -0.4 is 0 Å².